The fourth-order valence-corrected chi connectivity index (χ4v) is 1.48. The van der Waals surface area contributed by atoms with E-state index in [-0.39, 0.29) is 45.9 Å². The van der Waals surface area contributed by atoms with Crippen LogP contribution in [0, 0.1) is 0 Å². The third kappa shape index (κ3) is 1.90. The molecule has 0 aromatic carbocycles. The zero-order chi connectivity index (χ0) is 13.4. The van der Waals surface area contributed by atoms with Gasteiger partial charge in [-0.3, -0.25) is 14.4 Å². The molecule has 0 aliphatic rings. The molecule has 2 heterocycles. The van der Waals surface area contributed by atoms with Crippen molar-refractivity contribution in [1.29, 1.82) is 0 Å². The zero-order valence-corrected chi connectivity index (χ0v) is 10.1. The quantitative estimate of drug-likeness (QED) is 0.808. The summed E-state index contributed by atoms with van der Waals surface area (Å²) in [6.45, 7) is 3.95. The van der Waals surface area contributed by atoms with Crippen LogP contribution in [0.25, 0.3) is 11.2 Å². The van der Waals surface area contributed by atoms with Crippen molar-refractivity contribution < 1.29 is 14.4 Å². The summed E-state index contributed by atoms with van der Waals surface area (Å²) in [5.41, 5.74) is 0.480. The van der Waals surface area contributed by atoms with Crippen molar-refractivity contribution in [2.75, 3.05) is 0 Å². The van der Waals surface area contributed by atoms with E-state index >= 15 is 0 Å². The van der Waals surface area contributed by atoms with Crippen LogP contribution in [-0.2, 0) is 0 Å². The number of Topliss-reactive ketones (excluding diaryl/α,β-unsaturated/α-hetero) is 3. The Labute approximate surface area is 102 Å². The van der Waals surface area contributed by atoms with Crippen LogP contribution in [-0.4, -0.2) is 37.3 Å². The smallest absolute Gasteiger partial charge is 0.198 e. The maximum Gasteiger partial charge on any atom is 0.198 e. The molecule has 0 aliphatic heterocycles. The number of carbonyl (C=O) groups excluding carboxylic acids is 3. The van der Waals surface area contributed by atoms with Gasteiger partial charge in [-0.25, -0.2) is 15.0 Å². The van der Waals surface area contributed by atoms with Gasteiger partial charge in [0.2, 0.25) is 0 Å². The van der Waals surface area contributed by atoms with E-state index in [1.165, 1.54) is 20.8 Å². The van der Waals surface area contributed by atoms with Crippen molar-refractivity contribution in [2.24, 2.45) is 0 Å². The molecule has 7 heteroatoms. The monoisotopic (exact) mass is 246 g/mol. The Morgan fingerprint density at radius 3 is 2.06 bits per heavy atom. The minimum absolute atomic E-state index is 0.0604. The molecule has 18 heavy (non-hydrogen) atoms. The van der Waals surface area contributed by atoms with Crippen LogP contribution in [0.4, 0.5) is 0 Å². The summed E-state index contributed by atoms with van der Waals surface area (Å²) in [7, 11) is 0. The first kappa shape index (κ1) is 12.0. The number of ketones is 3. The van der Waals surface area contributed by atoms with Crippen molar-refractivity contribution >= 4 is 28.5 Å². The van der Waals surface area contributed by atoms with Gasteiger partial charge >= 0.3 is 0 Å². The summed E-state index contributed by atoms with van der Waals surface area (Å²) in [5, 5.41) is 0. The maximum atomic E-state index is 11.5. The van der Waals surface area contributed by atoms with Crippen LogP contribution in [0.2, 0.25) is 0 Å². The molecular weight excluding hydrogens is 236 g/mol. The van der Waals surface area contributed by atoms with E-state index in [9.17, 15) is 14.4 Å². The van der Waals surface area contributed by atoms with Gasteiger partial charge in [-0.05, 0) is 0 Å². The fourth-order valence-electron chi connectivity index (χ4n) is 1.48. The largest absolute Gasteiger partial charge is 0.332 e. The van der Waals surface area contributed by atoms with Gasteiger partial charge < -0.3 is 4.98 Å². The predicted molar refractivity (Wildman–Crippen MR) is 61.7 cm³/mol. The standard InChI is InChI=1S/C11H10N4O3/c1-4(16)7-8-11(14-9(12-7)5(2)17)15-10(13-8)6(3)18/h1-3H3,(H,12,13,14,15). The van der Waals surface area contributed by atoms with E-state index in [1.807, 2.05) is 0 Å². The van der Waals surface area contributed by atoms with Crippen LogP contribution in [0.15, 0.2) is 0 Å². The number of carbonyl (C=O) groups is 3. The summed E-state index contributed by atoms with van der Waals surface area (Å²) in [6.07, 6.45) is 0. The van der Waals surface area contributed by atoms with Crippen molar-refractivity contribution in [3.05, 3.63) is 17.3 Å². The molecule has 1 N–H and O–H groups in total. The summed E-state index contributed by atoms with van der Waals surface area (Å²) in [5.74, 6) is -0.987. The number of aromatic nitrogens is 4. The normalized spacial score (nSPS) is 10.6. The van der Waals surface area contributed by atoms with Crippen LogP contribution < -0.4 is 0 Å². The first-order valence-electron chi connectivity index (χ1n) is 5.20. The van der Waals surface area contributed by atoms with Gasteiger partial charge in [0, 0.05) is 20.8 Å². The summed E-state index contributed by atoms with van der Waals surface area (Å²) < 4.78 is 0. The van der Waals surface area contributed by atoms with Crippen LogP contribution >= 0.6 is 0 Å². The third-order valence-corrected chi connectivity index (χ3v) is 2.33. The molecule has 0 saturated carbocycles. The number of fused-ring (bicyclic) bond motifs is 1. The predicted octanol–water partition coefficient (Wildman–Crippen LogP) is 0.961. The van der Waals surface area contributed by atoms with Crippen LogP contribution in [0.1, 0.15) is 52.5 Å². The molecule has 0 atom stereocenters. The van der Waals surface area contributed by atoms with Gasteiger partial charge in [0.1, 0.15) is 11.2 Å². The number of aromatic amines is 1. The molecule has 2 aromatic heterocycles. The van der Waals surface area contributed by atoms with Crippen LogP contribution in [0.5, 0.6) is 0 Å². The highest BCUT2D eigenvalue weighted by Gasteiger charge is 2.18. The second-order valence-corrected chi connectivity index (χ2v) is 3.85. The van der Waals surface area contributed by atoms with Crippen LogP contribution in [0.3, 0.4) is 0 Å². The number of hydrogen-bond acceptors (Lipinski definition) is 6. The highest BCUT2D eigenvalue weighted by Crippen LogP contribution is 2.14. The van der Waals surface area contributed by atoms with E-state index in [0.717, 1.165) is 0 Å². The summed E-state index contributed by atoms with van der Waals surface area (Å²) >= 11 is 0. The number of nitrogens with zero attached hydrogens (tertiary/aromatic N) is 3. The molecule has 2 rings (SSSR count). The van der Waals surface area contributed by atoms with Crippen molar-refractivity contribution in [3.8, 4) is 0 Å². The second kappa shape index (κ2) is 4.10. The number of hydrogen-bond donors (Lipinski definition) is 1. The van der Waals surface area contributed by atoms with E-state index in [2.05, 4.69) is 19.9 Å². The van der Waals surface area contributed by atoms with Crippen molar-refractivity contribution in [2.45, 2.75) is 20.8 Å². The van der Waals surface area contributed by atoms with E-state index in [1.54, 1.807) is 0 Å². The van der Waals surface area contributed by atoms with E-state index < -0.39 is 0 Å². The topological polar surface area (TPSA) is 106 Å². The van der Waals surface area contributed by atoms with Gasteiger partial charge in [-0.2, -0.15) is 0 Å². The first-order chi connectivity index (χ1) is 8.40. The zero-order valence-electron chi connectivity index (χ0n) is 10.1. The Kier molecular flexibility index (Phi) is 2.74. The Balaban J connectivity index is 2.81. The van der Waals surface area contributed by atoms with E-state index in [0.29, 0.717) is 0 Å². The molecule has 0 aliphatic carbocycles. The lowest BCUT2D eigenvalue weighted by atomic mass is 10.2. The fraction of sp³-hybridized carbons (Fsp3) is 0.273. The first-order valence-corrected chi connectivity index (χ1v) is 5.20. The lowest BCUT2D eigenvalue weighted by Gasteiger charge is -1.99. The highest BCUT2D eigenvalue weighted by molar-refractivity contribution is 6.05. The van der Waals surface area contributed by atoms with Gasteiger partial charge in [0.15, 0.2) is 34.6 Å². The summed E-state index contributed by atoms with van der Waals surface area (Å²) in [4.78, 5) is 48.4. The van der Waals surface area contributed by atoms with Gasteiger partial charge in [-0.1, -0.05) is 0 Å². The molecule has 0 amide bonds. The number of rotatable bonds is 3. The van der Waals surface area contributed by atoms with Gasteiger partial charge in [0.05, 0.1) is 0 Å². The molecule has 0 radical (unpaired) electrons. The van der Waals surface area contributed by atoms with Gasteiger partial charge in [0.25, 0.3) is 0 Å². The van der Waals surface area contributed by atoms with Gasteiger partial charge in [-0.15, -0.1) is 0 Å². The molecule has 0 fully saturated rings. The average molecular weight is 246 g/mol. The average Bonchev–Trinajstić information content (AvgIpc) is 2.70. The lowest BCUT2D eigenvalue weighted by Crippen LogP contribution is -2.08. The Morgan fingerprint density at radius 1 is 0.889 bits per heavy atom. The highest BCUT2D eigenvalue weighted by atomic mass is 16.1. The minimum Gasteiger partial charge on any atom is -0.332 e. The summed E-state index contributed by atoms with van der Waals surface area (Å²) in [6, 6.07) is 0. The molecule has 0 unspecified atom stereocenters. The lowest BCUT2D eigenvalue weighted by molar-refractivity contribution is 0.0991. The Bertz CT molecular complexity index is 687. The Hall–Kier alpha value is -2.44. The number of imidazole rings is 1. The number of nitrogens with one attached hydrogen (secondary N) is 1. The maximum absolute atomic E-state index is 11.5. The molecular formula is C11H10N4O3. The Morgan fingerprint density at radius 2 is 1.56 bits per heavy atom. The minimum atomic E-state index is -0.369. The molecule has 0 spiro atoms. The molecule has 0 saturated heterocycles. The second-order valence-electron chi connectivity index (χ2n) is 3.85. The van der Waals surface area contributed by atoms with Crippen molar-refractivity contribution in [1.82, 2.24) is 19.9 Å². The van der Waals surface area contributed by atoms with Crippen molar-refractivity contribution in [3.63, 3.8) is 0 Å². The van der Waals surface area contributed by atoms with E-state index in [4.69, 9.17) is 0 Å². The molecule has 92 valence electrons. The molecule has 0 bridgehead atoms. The SMILES string of the molecule is CC(=O)c1nc(C(C)=O)c2[nH]c(C(C)=O)nc2n1. The molecule has 7 nitrogen and oxygen atoms in total. The number of H-pyrrole nitrogens is 1. The third-order valence-electron chi connectivity index (χ3n) is 2.33. The molecule has 2 aromatic rings.